The van der Waals surface area contributed by atoms with Gasteiger partial charge in [-0.15, -0.1) is 0 Å². The van der Waals surface area contributed by atoms with E-state index in [1.807, 2.05) is 20.9 Å². The number of hydrogen-bond donors (Lipinski definition) is 2. The number of nitrogens with zero attached hydrogens (tertiary/aromatic N) is 3. The molecule has 2 aromatic heterocycles. The Morgan fingerprint density at radius 3 is 3.00 bits per heavy atom. The van der Waals surface area contributed by atoms with E-state index in [4.69, 9.17) is 0 Å². The van der Waals surface area contributed by atoms with E-state index < -0.39 is 0 Å². The number of fused-ring (bicyclic) bond motifs is 1. The van der Waals surface area contributed by atoms with Gasteiger partial charge in [-0.05, 0) is 25.8 Å². The molecule has 0 radical (unpaired) electrons. The van der Waals surface area contributed by atoms with Crippen molar-refractivity contribution in [3.05, 3.63) is 23.5 Å². The molecule has 108 valence electrons. The van der Waals surface area contributed by atoms with E-state index in [2.05, 4.69) is 15.4 Å². The van der Waals surface area contributed by atoms with Gasteiger partial charge in [0.1, 0.15) is 0 Å². The van der Waals surface area contributed by atoms with Crippen LogP contribution in [0.1, 0.15) is 35.8 Å². The third kappa shape index (κ3) is 2.96. The van der Waals surface area contributed by atoms with Crippen molar-refractivity contribution in [1.29, 1.82) is 0 Å². The van der Waals surface area contributed by atoms with Gasteiger partial charge in [0.05, 0.1) is 17.4 Å². The third-order valence-corrected chi connectivity index (χ3v) is 3.36. The van der Waals surface area contributed by atoms with Gasteiger partial charge in [0, 0.05) is 25.2 Å². The van der Waals surface area contributed by atoms with Gasteiger partial charge in [-0.1, -0.05) is 6.92 Å². The highest BCUT2D eigenvalue weighted by atomic mass is 16.3. The SMILES string of the molecule is CCC(O)CCNC(=O)c1cnc2c(c1)c(C)nn2C. The lowest BCUT2D eigenvalue weighted by Gasteiger charge is -2.08. The average Bonchev–Trinajstić information content (AvgIpc) is 2.73. The maximum Gasteiger partial charge on any atom is 0.252 e. The first-order valence-electron chi connectivity index (χ1n) is 6.78. The van der Waals surface area contributed by atoms with Crippen molar-refractivity contribution < 1.29 is 9.90 Å². The monoisotopic (exact) mass is 276 g/mol. The van der Waals surface area contributed by atoms with Crippen molar-refractivity contribution in [3.8, 4) is 0 Å². The molecule has 0 aliphatic heterocycles. The molecule has 2 N–H and O–H groups in total. The lowest BCUT2D eigenvalue weighted by molar-refractivity contribution is 0.0942. The minimum absolute atomic E-state index is 0.175. The lowest BCUT2D eigenvalue weighted by Crippen LogP contribution is -2.27. The van der Waals surface area contributed by atoms with Crippen LogP contribution in [0.2, 0.25) is 0 Å². The van der Waals surface area contributed by atoms with Gasteiger partial charge in [-0.2, -0.15) is 5.10 Å². The number of nitrogens with one attached hydrogen (secondary N) is 1. The Morgan fingerprint density at radius 1 is 1.55 bits per heavy atom. The molecule has 0 aliphatic rings. The van der Waals surface area contributed by atoms with Crippen LogP contribution in [0.3, 0.4) is 0 Å². The second kappa shape index (κ2) is 6.00. The van der Waals surface area contributed by atoms with Crippen molar-refractivity contribution in [1.82, 2.24) is 20.1 Å². The smallest absolute Gasteiger partial charge is 0.252 e. The van der Waals surface area contributed by atoms with Crippen LogP contribution in [0.25, 0.3) is 11.0 Å². The van der Waals surface area contributed by atoms with E-state index in [9.17, 15) is 9.90 Å². The normalized spacial score (nSPS) is 12.6. The number of aliphatic hydroxyl groups is 1. The fourth-order valence-electron chi connectivity index (χ4n) is 2.09. The van der Waals surface area contributed by atoms with E-state index in [1.54, 1.807) is 16.9 Å². The molecule has 0 fully saturated rings. The quantitative estimate of drug-likeness (QED) is 0.859. The van der Waals surface area contributed by atoms with E-state index in [1.165, 1.54) is 0 Å². The number of aryl methyl sites for hydroxylation is 2. The van der Waals surface area contributed by atoms with Crippen LogP contribution in [0.15, 0.2) is 12.3 Å². The molecule has 2 heterocycles. The number of amides is 1. The second-order valence-corrected chi connectivity index (χ2v) is 4.91. The maximum absolute atomic E-state index is 12.0. The van der Waals surface area contributed by atoms with Gasteiger partial charge >= 0.3 is 0 Å². The Morgan fingerprint density at radius 2 is 2.30 bits per heavy atom. The number of carbonyl (C=O) groups is 1. The zero-order valence-electron chi connectivity index (χ0n) is 12.1. The molecule has 20 heavy (non-hydrogen) atoms. The van der Waals surface area contributed by atoms with E-state index in [0.717, 1.165) is 16.7 Å². The van der Waals surface area contributed by atoms with E-state index in [0.29, 0.717) is 24.9 Å². The Hall–Kier alpha value is -1.95. The molecule has 0 bridgehead atoms. The lowest BCUT2D eigenvalue weighted by atomic mass is 10.2. The number of rotatable bonds is 5. The summed E-state index contributed by atoms with van der Waals surface area (Å²) < 4.78 is 1.70. The standard InChI is InChI=1S/C14H20N4O2/c1-4-11(19)5-6-15-14(20)10-7-12-9(2)17-18(3)13(12)16-8-10/h7-8,11,19H,4-6H2,1-3H3,(H,15,20). The van der Waals surface area contributed by atoms with Crippen LogP contribution < -0.4 is 5.32 Å². The zero-order chi connectivity index (χ0) is 14.7. The summed E-state index contributed by atoms with van der Waals surface area (Å²) in [6, 6.07) is 1.80. The summed E-state index contributed by atoms with van der Waals surface area (Å²) in [6.07, 6.45) is 2.44. The molecular formula is C14H20N4O2. The Kier molecular flexibility index (Phi) is 4.34. The molecule has 2 aromatic rings. The summed E-state index contributed by atoms with van der Waals surface area (Å²) in [5.74, 6) is -0.175. The summed E-state index contributed by atoms with van der Waals surface area (Å²) in [5, 5.41) is 17.4. The van der Waals surface area contributed by atoms with Crippen molar-refractivity contribution in [2.75, 3.05) is 6.54 Å². The average molecular weight is 276 g/mol. The molecule has 2 rings (SSSR count). The molecule has 1 unspecified atom stereocenters. The number of aliphatic hydroxyl groups excluding tert-OH is 1. The van der Waals surface area contributed by atoms with E-state index >= 15 is 0 Å². The van der Waals surface area contributed by atoms with Crippen LogP contribution in [-0.4, -0.2) is 38.4 Å². The van der Waals surface area contributed by atoms with Gasteiger partial charge in [0.25, 0.3) is 5.91 Å². The molecule has 0 saturated carbocycles. The highest BCUT2D eigenvalue weighted by Gasteiger charge is 2.11. The van der Waals surface area contributed by atoms with Crippen molar-refractivity contribution >= 4 is 16.9 Å². The molecule has 6 heteroatoms. The third-order valence-electron chi connectivity index (χ3n) is 3.36. The maximum atomic E-state index is 12.0. The number of aromatic nitrogens is 3. The minimum Gasteiger partial charge on any atom is -0.393 e. The summed E-state index contributed by atoms with van der Waals surface area (Å²) in [4.78, 5) is 16.3. The summed E-state index contributed by atoms with van der Waals surface area (Å²) in [6.45, 7) is 4.26. The molecule has 1 amide bonds. The highest BCUT2D eigenvalue weighted by Crippen LogP contribution is 2.16. The van der Waals surface area contributed by atoms with Crippen molar-refractivity contribution in [2.24, 2.45) is 7.05 Å². The van der Waals surface area contributed by atoms with Gasteiger partial charge in [0.15, 0.2) is 5.65 Å². The summed E-state index contributed by atoms with van der Waals surface area (Å²) in [7, 11) is 1.83. The molecule has 0 aliphatic carbocycles. The molecule has 0 saturated heterocycles. The fourth-order valence-corrected chi connectivity index (χ4v) is 2.09. The second-order valence-electron chi connectivity index (χ2n) is 4.91. The van der Waals surface area contributed by atoms with Crippen molar-refractivity contribution in [3.63, 3.8) is 0 Å². The molecule has 1 atom stereocenters. The number of pyridine rings is 1. The van der Waals surface area contributed by atoms with Gasteiger partial charge < -0.3 is 10.4 Å². The Balaban J connectivity index is 2.09. The predicted molar refractivity (Wildman–Crippen MR) is 76.5 cm³/mol. The largest absolute Gasteiger partial charge is 0.393 e. The first-order valence-corrected chi connectivity index (χ1v) is 6.78. The van der Waals surface area contributed by atoms with Crippen LogP contribution in [0.4, 0.5) is 0 Å². The van der Waals surface area contributed by atoms with Crippen LogP contribution in [0, 0.1) is 6.92 Å². The Bertz CT molecular complexity index is 621. The number of carbonyl (C=O) groups excluding carboxylic acids is 1. The Labute approximate surface area is 117 Å². The minimum atomic E-state index is -0.364. The molecular weight excluding hydrogens is 256 g/mol. The van der Waals surface area contributed by atoms with Gasteiger partial charge in [-0.3, -0.25) is 9.48 Å². The van der Waals surface area contributed by atoms with Gasteiger partial charge in [-0.25, -0.2) is 4.98 Å². The van der Waals surface area contributed by atoms with Gasteiger partial charge in [0.2, 0.25) is 0 Å². The zero-order valence-corrected chi connectivity index (χ0v) is 12.1. The summed E-state index contributed by atoms with van der Waals surface area (Å²) in [5.41, 5.74) is 2.13. The summed E-state index contributed by atoms with van der Waals surface area (Å²) >= 11 is 0. The molecule has 0 spiro atoms. The van der Waals surface area contributed by atoms with Crippen molar-refractivity contribution in [2.45, 2.75) is 32.8 Å². The van der Waals surface area contributed by atoms with Crippen LogP contribution in [0.5, 0.6) is 0 Å². The fraction of sp³-hybridized carbons (Fsp3) is 0.500. The molecule has 6 nitrogen and oxygen atoms in total. The predicted octanol–water partition coefficient (Wildman–Crippen LogP) is 1.17. The first-order chi connectivity index (χ1) is 9.52. The topological polar surface area (TPSA) is 80.0 Å². The molecule has 0 aromatic carbocycles. The number of hydrogen-bond acceptors (Lipinski definition) is 4. The van der Waals surface area contributed by atoms with E-state index in [-0.39, 0.29) is 12.0 Å². The first kappa shape index (κ1) is 14.5. The van der Waals surface area contributed by atoms with Crippen LogP contribution in [-0.2, 0) is 7.05 Å². The van der Waals surface area contributed by atoms with Crippen LogP contribution >= 0.6 is 0 Å². The highest BCUT2D eigenvalue weighted by molar-refractivity contribution is 5.97.